The number of carbonyl (C=O) groups is 3. The number of rotatable bonds is 5. The maximum absolute atomic E-state index is 13.8. The van der Waals surface area contributed by atoms with Gasteiger partial charge in [-0.25, -0.2) is 0 Å². The van der Waals surface area contributed by atoms with Crippen molar-refractivity contribution in [3.8, 4) is 0 Å². The van der Waals surface area contributed by atoms with Crippen molar-refractivity contribution in [1.29, 1.82) is 0 Å². The quantitative estimate of drug-likeness (QED) is 0.437. The lowest BCUT2D eigenvalue weighted by molar-refractivity contribution is -0.140. The Morgan fingerprint density at radius 1 is 0.765 bits per heavy atom. The highest BCUT2D eigenvalue weighted by atomic mass is 16.2. The van der Waals surface area contributed by atoms with Gasteiger partial charge in [-0.1, -0.05) is 91.0 Å². The van der Waals surface area contributed by atoms with E-state index < -0.39 is 17.9 Å². The van der Waals surface area contributed by atoms with Crippen LogP contribution in [-0.2, 0) is 16.0 Å². The zero-order valence-electron chi connectivity index (χ0n) is 18.6. The number of nitrogens with zero attached hydrogens (tertiary/aromatic N) is 2. The number of fused-ring (bicyclic) bond motifs is 5. The van der Waals surface area contributed by atoms with Crippen LogP contribution in [0.1, 0.15) is 21.5 Å². The molecule has 168 valence electrons. The summed E-state index contributed by atoms with van der Waals surface area (Å²) in [5, 5.41) is 0. The molecule has 4 atom stereocenters. The highest BCUT2D eigenvalue weighted by Crippen LogP contribution is 2.49. The molecule has 0 saturated carbocycles. The van der Waals surface area contributed by atoms with E-state index in [0.29, 0.717) is 18.5 Å². The molecule has 0 N–H and O–H groups in total. The summed E-state index contributed by atoms with van der Waals surface area (Å²) in [5.74, 6) is -1.79. The van der Waals surface area contributed by atoms with Gasteiger partial charge >= 0.3 is 0 Å². The van der Waals surface area contributed by atoms with E-state index in [-0.39, 0.29) is 23.6 Å². The third-order valence-corrected chi connectivity index (χ3v) is 7.30. The molecule has 0 spiro atoms. The number of hydrogen-bond acceptors (Lipinski definition) is 4. The predicted molar refractivity (Wildman–Crippen MR) is 130 cm³/mol. The monoisotopic (exact) mass is 448 g/mol. The average Bonchev–Trinajstić information content (AvgIpc) is 3.36. The van der Waals surface area contributed by atoms with Gasteiger partial charge in [0.25, 0.3) is 0 Å². The maximum Gasteiger partial charge on any atom is 0.235 e. The first-order valence-corrected chi connectivity index (χ1v) is 11.7. The van der Waals surface area contributed by atoms with Crippen molar-refractivity contribution in [2.75, 3.05) is 11.4 Å². The zero-order valence-corrected chi connectivity index (χ0v) is 18.6. The SMILES string of the molecule is O=C(c1ccccc1)[C@@H]1[C@@H]2C(=O)N(CCc3ccccc3)C(=O)[C@H]2[C@@H]2C=Cc3ccccc3N12. The summed E-state index contributed by atoms with van der Waals surface area (Å²) >= 11 is 0. The number of para-hydroxylation sites is 1. The van der Waals surface area contributed by atoms with Crippen LogP contribution in [0, 0.1) is 11.8 Å². The van der Waals surface area contributed by atoms with Crippen molar-refractivity contribution >= 4 is 29.4 Å². The fourth-order valence-electron chi connectivity index (χ4n) is 5.75. The Labute approximate surface area is 198 Å². The van der Waals surface area contributed by atoms with E-state index in [1.165, 1.54) is 4.90 Å². The number of imide groups is 1. The van der Waals surface area contributed by atoms with Crippen molar-refractivity contribution in [3.05, 3.63) is 108 Å². The van der Waals surface area contributed by atoms with Gasteiger partial charge in [-0.2, -0.15) is 0 Å². The molecule has 2 saturated heterocycles. The van der Waals surface area contributed by atoms with Crippen LogP contribution in [0.15, 0.2) is 91.0 Å². The standard InChI is InChI=1S/C29H24N2O3/c32-27(21-12-5-2-6-13-21)26-25-24(23-16-15-20-11-7-8-14-22(20)31(23)26)28(33)30(29(25)34)18-17-19-9-3-1-4-10-19/h1-16,23-26H,17-18H2/t23-,24-,25+,26-/m0/s1. The first-order valence-electron chi connectivity index (χ1n) is 11.7. The van der Waals surface area contributed by atoms with Gasteiger partial charge in [-0.05, 0) is 23.6 Å². The van der Waals surface area contributed by atoms with E-state index in [1.54, 1.807) is 12.1 Å². The number of amides is 2. The van der Waals surface area contributed by atoms with Gasteiger partial charge in [-0.3, -0.25) is 19.3 Å². The second-order valence-electron chi connectivity index (χ2n) is 9.11. The lowest BCUT2D eigenvalue weighted by Crippen LogP contribution is -2.49. The molecule has 3 aromatic carbocycles. The van der Waals surface area contributed by atoms with Crippen LogP contribution in [0.4, 0.5) is 5.69 Å². The largest absolute Gasteiger partial charge is 0.352 e. The molecular formula is C29H24N2O3. The number of carbonyl (C=O) groups excluding carboxylic acids is 3. The minimum atomic E-state index is -0.721. The molecule has 3 heterocycles. The normalized spacial score (nSPS) is 24.7. The number of benzene rings is 3. The van der Waals surface area contributed by atoms with Gasteiger partial charge < -0.3 is 4.90 Å². The maximum atomic E-state index is 13.8. The highest BCUT2D eigenvalue weighted by molar-refractivity contribution is 6.14. The third-order valence-electron chi connectivity index (χ3n) is 7.30. The topological polar surface area (TPSA) is 57.7 Å². The molecule has 3 aliphatic heterocycles. The fraction of sp³-hybridized carbons (Fsp3) is 0.207. The number of Topliss-reactive ketones (excluding diaryl/α,β-unsaturated/α-hetero) is 1. The Bertz CT molecular complexity index is 1300. The fourth-order valence-corrected chi connectivity index (χ4v) is 5.75. The molecular weight excluding hydrogens is 424 g/mol. The predicted octanol–water partition coefficient (Wildman–Crippen LogP) is 4.00. The summed E-state index contributed by atoms with van der Waals surface area (Å²) in [6.45, 7) is 0.327. The van der Waals surface area contributed by atoms with E-state index in [0.717, 1.165) is 16.8 Å². The molecule has 0 aliphatic carbocycles. The lowest BCUT2D eigenvalue weighted by atomic mass is 9.86. The molecule has 5 heteroatoms. The second-order valence-corrected chi connectivity index (χ2v) is 9.11. The Hall–Kier alpha value is -3.99. The van der Waals surface area contributed by atoms with Gasteiger partial charge in [0, 0.05) is 17.8 Å². The Morgan fingerprint density at radius 3 is 2.18 bits per heavy atom. The minimum absolute atomic E-state index is 0.116. The van der Waals surface area contributed by atoms with Gasteiger partial charge in [0.15, 0.2) is 5.78 Å². The highest BCUT2D eigenvalue weighted by Gasteiger charge is 2.63. The van der Waals surface area contributed by atoms with E-state index >= 15 is 0 Å². The van der Waals surface area contributed by atoms with Crippen molar-refractivity contribution < 1.29 is 14.4 Å². The van der Waals surface area contributed by atoms with Crippen LogP contribution < -0.4 is 4.90 Å². The molecule has 0 unspecified atom stereocenters. The summed E-state index contributed by atoms with van der Waals surface area (Å²) in [6.07, 6.45) is 4.60. The van der Waals surface area contributed by atoms with Crippen molar-refractivity contribution in [1.82, 2.24) is 4.90 Å². The van der Waals surface area contributed by atoms with Crippen LogP contribution in [0.5, 0.6) is 0 Å². The summed E-state index contributed by atoms with van der Waals surface area (Å²) < 4.78 is 0. The van der Waals surface area contributed by atoms with E-state index in [9.17, 15) is 14.4 Å². The number of hydrogen-bond donors (Lipinski definition) is 0. The summed E-state index contributed by atoms with van der Waals surface area (Å²) in [7, 11) is 0. The summed E-state index contributed by atoms with van der Waals surface area (Å²) in [6, 6.07) is 25.7. The Kier molecular flexibility index (Phi) is 4.91. The molecule has 5 nitrogen and oxygen atoms in total. The van der Waals surface area contributed by atoms with Gasteiger partial charge in [-0.15, -0.1) is 0 Å². The number of ketones is 1. The third kappa shape index (κ3) is 3.11. The molecule has 0 bridgehead atoms. The van der Waals surface area contributed by atoms with Crippen LogP contribution in [0.3, 0.4) is 0 Å². The number of anilines is 1. The zero-order chi connectivity index (χ0) is 23.2. The molecule has 2 amide bonds. The van der Waals surface area contributed by atoms with Crippen LogP contribution in [0.25, 0.3) is 6.08 Å². The molecule has 0 aromatic heterocycles. The van der Waals surface area contributed by atoms with E-state index in [1.807, 2.05) is 89.8 Å². The Morgan fingerprint density at radius 2 is 1.41 bits per heavy atom. The summed E-state index contributed by atoms with van der Waals surface area (Å²) in [4.78, 5) is 44.6. The molecule has 0 radical (unpaired) electrons. The smallest absolute Gasteiger partial charge is 0.235 e. The first-order chi connectivity index (χ1) is 16.6. The first kappa shape index (κ1) is 20.6. The Balaban J connectivity index is 1.39. The van der Waals surface area contributed by atoms with Crippen LogP contribution in [-0.4, -0.2) is 41.1 Å². The van der Waals surface area contributed by atoms with Crippen LogP contribution >= 0.6 is 0 Å². The lowest BCUT2D eigenvalue weighted by Gasteiger charge is -2.36. The molecule has 34 heavy (non-hydrogen) atoms. The number of likely N-dealkylation sites (tertiary alicyclic amines) is 1. The summed E-state index contributed by atoms with van der Waals surface area (Å²) in [5.41, 5.74) is 3.52. The van der Waals surface area contributed by atoms with Gasteiger partial charge in [0.05, 0.1) is 17.9 Å². The minimum Gasteiger partial charge on any atom is -0.352 e. The molecule has 2 fully saturated rings. The van der Waals surface area contributed by atoms with Gasteiger partial charge in [0.2, 0.25) is 11.8 Å². The molecule has 3 aromatic rings. The van der Waals surface area contributed by atoms with Crippen molar-refractivity contribution in [3.63, 3.8) is 0 Å². The van der Waals surface area contributed by atoms with Gasteiger partial charge in [0.1, 0.15) is 6.04 Å². The van der Waals surface area contributed by atoms with Crippen molar-refractivity contribution in [2.45, 2.75) is 18.5 Å². The molecule has 6 rings (SSSR count). The van der Waals surface area contributed by atoms with Crippen LogP contribution in [0.2, 0.25) is 0 Å². The van der Waals surface area contributed by atoms with Crippen molar-refractivity contribution in [2.24, 2.45) is 11.8 Å². The average molecular weight is 449 g/mol. The van der Waals surface area contributed by atoms with E-state index in [4.69, 9.17) is 0 Å². The van der Waals surface area contributed by atoms with E-state index in [2.05, 4.69) is 0 Å². The second kappa shape index (κ2) is 8.10. The molecule has 3 aliphatic rings.